The van der Waals surface area contributed by atoms with Gasteiger partial charge in [0.2, 0.25) is 5.95 Å². The summed E-state index contributed by atoms with van der Waals surface area (Å²) in [6, 6.07) is 3.11. The van der Waals surface area contributed by atoms with E-state index in [0.717, 1.165) is 0 Å². The van der Waals surface area contributed by atoms with Crippen molar-refractivity contribution in [1.82, 2.24) is 9.97 Å². The van der Waals surface area contributed by atoms with Crippen LogP contribution in [0.3, 0.4) is 0 Å². The number of hydrogen-bond donors (Lipinski definition) is 4. The summed E-state index contributed by atoms with van der Waals surface area (Å²) in [7, 11) is 0. The molecule has 0 aliphatic heterocycles. The normalized spacial score (nSPS) is 11.0. The number of rotatable bonds is 7. The highest BCUT2D eigenvalue weighted by Crippen LogP contribution is 2.34. The van der Waals surface area contributed by atoms with Crippen molar-refractivity contribution in [2.45, 2.75) is 20.3 Å². The Balaban J connectivity index is 2.17. The molecule has 1 aromatic heterocycles. The summed E-state index contributed by atoms with van der Waals surface area (Å²) in [4.78, 5) is 18.6. The van der Waals surface area contributed by atoms with E-state index in [1.165, 1.54) is 12.3 Å². The zero-order valence-corrected chi connectivity index (χ0v) is 14.6. The molecule has 9 heteroatoms. The molecule has 25 heavy (non-hydrogen) atoms. The van der Waals surface area contributed by atoms with Crippen molar-refractivity contribution < 1.29 is 14.9 Å². The third kappa shape index (κ3) is 4.71. The topological polar surface area (TPSA) is 120 Å². The maximum absolute atomic E-state index is 11.9. The van der Waals surface area contributed by atoms with Gasteiger partial charge in [-0.2, -0.15) is 5.10 Å². The van der Waals surface area contributed by atoms with E-state index in [9.17, 15) is 9.90 Å². The van der Waals surface area contributed by atoms with Crippen LogP contribution in [0.1, 0.15) is 23.7 Å². The zero-order chi connectivity index (χ0) is 18.4. The van der Waals surface area contributed by atoms with Gasteiger partial charge in [-0.05, 0) is 31.5 Å². The molecule has 2 aromatic rings. The lowest BCUT2D eigenvalue weighted by Crippen LogP contribution is -2.19. The number of nitrogens with zero attached hydrogens (tertiary/aromatic N) is 2. The minimum Gasteiger partial charge on any atom is -0.503 e. The molecule has 0 spiro atoms. The number of aliphatic hydroxyl groups excluding tert-OH is 1. The molecule has 0 bridgehead atoms. The predicted octanol–water partition coefficient (Wildman–Crippen LogP) is 1.82. The molecule has 0 fully saturated rings. The number of aromatic nitrogens is 2. The number of hydrazone groups is 1. The van der Waals surface area contributed by atoms with E-state index >= 15 is 0 Å². The van der Waals surface area contributed by atoms with E-state index in [1.807, 2.05) is 0 Å². The third-order valence-electron chi connectivity index (χ3n) is 3.32. The van der Waals surface area contributed by atoms with Crippen molar-refractivity contribution in [3.8, 4) is 11.5 Å². The Kier molecular flexibility index (Phi) is 6.37. The van der Waals surface area contributed by atoms with E-state index < -0.39 is 0 Å². The van der Waals surface area contributed by atoms with Crippen LogP contribution in [0.15, 0.2) is 22.0 Å². The van der Waals surface area contributed by atoms with Gasteiger partial charge in [0.15, 0.2) is 11.5 Å². The number of aromatic amines is 1. The van der Waals surface area contributed by atoms with E-state index in [-0.39, 0.29) is 41.1 Å². The average Bonchev–Trinajstić information content (AvgIpc) is 2.56. The van der Waals surface area contributed by atoms with Crippen LogP contribution in [0, 0.1) is 6.92 Å². The number of aromatic hydroxyl groups is 1. The molecule has 0 radical (unpaired) electrons. The fourth-order valence-corrected chi connectivity index (χ4v) is 2.39. The summed E-state index contributed by atoms with van der Waals surface area (Å²) in [6.07, 6.45) is 1.69. The van der Waals surface area contributed by atoms with Gasteiger partial charge in [0.25, 0.3) is 5.56 Å². The molecule has 0 amide bonds. The smallest absolute Gasteiger partial charge is 0.255 e. The maximum atomic E-state index is 11.9. The van der Waals surface area contributed by atoms with Crippen LogP contribution in [-0.4, -0.2) is 39.6 Å². The number of halogens is 1. The Morgan fingerprint density at radius 3 is 2.88 bits per heavy atom. The fourth-order valence-electron chi connectivity index (χ4n) is 2.17. The maximum Gasteiger partial charge on any atom is 0.255 e. The van der Waals surface area contributed by atoms with Crippen LogP contribution in [0.2, 0.25) is 5.02 Å². The van der Waals surface area contributed by atoms with E-state index in [4.69, 9.17) is 21.4 Å². The summed E-state index contributed by atoms with van der Waals surface area (Å²) >= 11 is 5.95. The van der Waals surface area contributed by atoms with Gasteiger partial charge in [-0.25, -0.2) is 10.4 Å². The number of anilines is 1. The van der Waals surface area contributed by atoms with Crippen LogP contribution in [0.25, 0.3) is 0 Å². The number of aryl methyl sites for hydroxylation is 1. The van der Waals surface area contributed by atoms with Crippen molar-refractivity contribution in [1.29, 1.82) is 0 Å². The number of phenols is 1. The van der Waals surface area contributed by atoms with Gasteiger partial charge in [-0.1, -0.05) is 11.6 Å². The van der Waals surface area contributed by atoms with Gasteiger partial charge in [0, 0.05) is 18.6 Å². The molecule has 0 saturated heterocycles. The molecule has 1 aromatic carbocycles. The van der Waals surface area contributed by atoms with Gasteiger partial charge in [-0.3, -0.25) is 9.78 Å². The second-order valence-corrected chi connectivity index (χ2v) is 5.51. The van der Waals surface area contributed by atoms with Crippen molar-refractivity contribution in [3.05, 3.63) is 44.3 Å². The number of hydrogen-bond acceptors (Lipinski definition) is 7. The molecule has 0 aliphatic carbocycles. The number of phenolic OH excluding ortho intramolecular Hbond substituents is 1. The molecule has 0 saturated carbocycles. The minimum atomic E-state index is -0.328. The van der Waals surface area contributed by atoms with E-state index in [1.54, 1.807) is 19.9 Å². The zero-order valence-electron chi connectivity index (χ0n) is 13.8. The molecule has 1 heterocycles. The lowest BCUT2D eigenvalue weighted by atomic mass is 10.2. The first kappa shape index (κ1) is 18.8. The highest BCUT2D eigenvalue weighted by molar-refractivity contribution is 6.32. The highest BCUT2D eigenvalue weighted by Gasteiger charge is 2.09. The van der Waals surface area contributed by atoms with Gasteiger partial charge in [0.05, 0.1) is 23.5 Å². The molecule has 0 aliphatic rings. The predicted molar refractivity (Wildman–Crippen MR) is 95.9 cm³/mol. The molecular formula is C16H19ClN4O4. The van der Waals surface area contributed by atoms with Gasteiger partial charge in [-0.15, -0.1) is 0 Å². The monoisotopic (exact) mass is 366 g/mol. The Labute approximate surface area is 149 Å². The lowest BCUT2D eigenvalue weighted by molar-refractivity contribution is 0.298. The molecule has 0 unspecified atom stereocenters. The molecule has 8 nitrogen and oxygen atoms in total. The molecule has 2 rings (SSSR count). The van der Waals surface area contributed by atoms with Crippen molar-refractivity contribution in [3.63, 3.8) is 0 Å². The van der Waals surface area contributed by atoms with Gasteiger partial charge in [0.1, 0.15) is 0 Å². The number of nitrogens with one attached hydrogen (secondary N) is 2. The summed E-state index contributed by atoms with van der Waals surface area (Å²) in [5.74, 6) is 0.303. The van der Waals surface area contributed by atoms with Gasteiger partial charge >= 0.3 is 0 Å². The van der Waals surface area contributed by atoms with Gasteiger partial charge < -0.3 is 14.9 Å². The van der Waals surface area contributed by atoms with Crippen molar-refractivity contribution >= 4 is 23.8 Å². The SMILES string of the molecule is CCOc1cc(/C=N\Nc2nc(C)c(CCO)c(=O)[nH]2)cc(Cl)c1O. The highest BCUT2D eigenvalue weighted by atomic mass is 35.5. The number of ether oxygens (including phenoxy) is 1. The average molecular weight is 367 g/mol. The summed E-state index contributed by atoms with van der Waals surface area (Å²) < 4.78 is 5.29. The van der Waals surface area contributed by atoms with Crippen LogP contribution >= 0.6 is 11.6 Å². The summed E-state index contributed by atoms with van der Waals surface area (Å²) in [6.45, 7) is 3.73. The van der Waals surface area contributed by atoms with Crippen molar-refractivity contribution in [2.24, 2.45) is 5.10 Å². The van der Waals surface area contributed by atoms with Crippen LogP contribution in [-0.2, 0) is 6.42 Å². The second kappa shape index (κ2) is 8.50. The van der Waals surface area contributed by atoms with Crippen LogP contribution in [0.4, 0.5) is 5.95 Å². The first-order valence-corrected chi connectivity index (χ1v) is 7.99. The second-order valence-electron chi connectivity index (χ2n) is 5.10. The first-order valence-electron chi connectivity index (χ1n) is 7.61. The molecular weight excluding hydrogens is 348 g/mol. The number of benzene rings is 1. The van der Waals surface area contributed by atoms with Crippen molar-refractivity contribution in [2.75, 3.05) is 18.6 Å². The minimum absolute atomic E-state index is 0.125. The van der Waals surface area contributed by atoms with Crippen LogP contribution in [0.5, 0.6) is 11.5 Å². The summed E-state index contributed by atoms with van der Waals surface area (Å²) in [5, 5.41) is 22.9. The molecule has 134 valence electrons. The lowest BCUT2D eigenvalue weighted by Gasteiger charge is -2.08. The Bertz CT molecular complexity index is 836. The van der Waals surface area contributed by atoms with E-state index in [2.05, 4.69) is 20.5 Å². The molecule has 0 atom stereocenters. The Morgan fingerprint density at radius 1 is 1.48 bits per heavy atom. The Morgan fingerprint density at radius 2 is 2.24 bits per heavy atom. The number of aliphatic hydroxyl groups is 1. The largest absolute Gasteiger partial charge is 0.503 e. The fraction of sp³-hybridized carbons (Fsp3) is 0.312. The number of H-pyrrole nitrogens is 1. The van der Waals surface area contributed by atoms with Crippen LogP contribution < -0.4 is 15.7 Å². The first-order chi connectivity index (χ1) is 12.0. The summed E-state index contributed by atoms with van der Waals surface area (Å²) in [5.41, 5.74) is 3.84. The third-order valence-corrected chi connectivity index (χ3v) is 3.61. The Hall–Kier alpha value is -2.58. The quantitative estimate of drug-likeness (QED) is 0.438. The molecule has 4 N–H and O–H groups in total. The van der Waals surface area contributed by atoms with E-state index in [0.29, 0.717) is 23.4 Å². The standard InChI is InChI=1S/C16H19ClN4O4/c1-3-25-13-7-10(6-12(17)14(13)23)8-18-21-16-19-9(2)11(4-5-22)15(24)20-16/h6-8,22-23H,3-5H2,1-2H3,(H2,19,20,21,24)/b18-8-.